The molecule has 41 heavy (non-hydrogen) atoms. The molecule has 2 aliphatic heterocycles. The summed E-state index contributed by atoms with van der Waals surface area (Å²) in [6, 6.07) is 18.7. The molecule has 4 rings (SSSR count). The first kappa shape index (κ1) is 29.8. The lowest BCUT2D eigenvalue weighted by Crippen LogP contribution is -2.76. The van der Waals surface area contributed by atoms with E-state index in [1.807, 2.05) is 111 Å². The summed E-state index contributed by atoms with van der Waals surface area (Å²) in [7, 11) is 1.74. The Kier molecular flexibility index (Phi) is 9.78. The molecule has 0 bridgehead atoms. The Hall–Kier alpha value is -4.17. The van der Waals surface area contributed by atoms with Crippen LogP contribution in [0.3, 0.4) is 0 Å². The second-order valence-corrected chi connectivity index (χ2v) is 10.9. The van der Waals surface area contributed by atoms with Crippen LogP contribution in [0.1, 0.15) is 37.8 Å². The molecule has 2 aliphatic rings. The number of likely N-dealkylation sites (N-methyl/N-ethyl adjacent to an activating group) is 1. The number of fused-ring (bicyclic) bond motifs is 1. The van der Waals surface area contributed by atoms with Crippen molar-refractivity contribution < 1.29 is 14.4 Å². The zero-order chi connectivity index (χ0) is 29.5. The van der Waals surface area contributed by atoms with Gasteiger partial charge in [0, 0.05) is 26.1 Å². The Morgan fingerprint density at radius 3 is 2.34 bits per heavy atom. The highest BCUT2D eigenvalue weighted by molar-refractivity contribution is 5.91. The van der Waals surface area contributed by atoms with Crippen LogP contribution in [-0.4, -0.2) is 76.6 Å². The molecule has 1 N–H and O–H groups in total. The fourth-order valence-corrected chi connectivity index (χ4v) is 5.63. The van der Waals surface area contributed by atoms with Gasteiger partial charge in [0.2, 0.25) is 11.8 Å². The number of carbonyl (C=O) groups excluding carboxylic acids is 3. The van der Waals surface area contributed by atoms with E-state index >= 15 is 0 Å². The Morgan fingerprint density at radius 2 is 1.71 bits per heavy atom. The SMILES string of the molecule is C=C(/C=C\C=C/C)C(CN1C[C@H]2N(C(=O)CN(C)N2C(=O)NCc2ccccc2)[C@@H](C(C)C)C1=O)c1ccccc1. The second-order valence-electron chi connectivity index (χ2n) is 10.9. The smallest absolute Gasteiger partial charge is 0.334 e. The maximum Gasteiger partial charge on any atom is 0.334 e. The quantitative estimate of drug-likeness (QED) is 0.461. The summed E-state index contributed by atoms with van der Waals surface area (Å²) in [5.74, 6) is -0.555. The summed E-state index contributed by atoms with van der Waals surface area (Å²) in [5.41, 5.74) is 2.90. The first-order chi connectivity index (χ1) is 19.7. The Bertz CT molecular complexity index is 1290. The second kappa shape index (κ2) is 13.5. The number of rotatable bonds is 9. The largest absolute Gasteiger partial charge is 0.336 e. The van der Waals surface area contributed by atoms with E-state index in [1.54, 1.807) is 22.0 Å². The summed E-state index contributed by atoms with van der Waals surface area (Å²) >= 11 is 0. The van der Waals surface area contributed by atoms with E-state index in [0.29, 0.717) is 13.1 Å². The Labute approximate surface area is 243 Å². The van der Waals surface area contributed by atoms with Gasteiger partial charge in [0.15, 0.2) is 0 Å². The molecular weight excluding hydrogens is 514 g/mol. The first-order valence-electron chi connectivity index (χ1n) is 14.2. The molecule has 2 saturated heterocycles. The molecule has 3 atom stereocenters. The van der Waals surface area contributed by atoms with Crippen molar-refractivity contribution in [3.8, 4) is 0 Å². The van der Waals surface area contributed by atoms with Gasteiger partial charge in [-0.3, -0.25) is 9.59 Å². The van der Waals surface area contributed by atoms with Gasteiger partial charge >= 0.3 is 6.03 Å². The number of urea groups is 1. The van der Waals surface area contributed by atoms with Crippen LogP contribution >= 0.6 is 0 Å². The highest BCUT2D eigenvalue weighted by atomic mass is 16.2. The molecule has 2 aromatic rings. The van der Waals surface area contributed by atoms with E-state index in [4.69, 9.17) is 0 Å². The molecule has 0 saturated carbocycles. The van der Waals surface area contributed by atoms with Crippen LogP contribution in [0.5, 0.6) is 0 Å². The number of benzene rings is 2. The number of nitrogens with one attached hydrogen (secondary N) is 1. The van der Waals surface area contributed by atoms with Gasteiger partial charge in [0.1, 0.15) is 12.2 Å². The number of nitrogens with zero attached hydrogens (tertiary/aromatic N) is 4. The van der Waals surface area contributed by atoms with Crippen LogP contribution < -0.4 is 5.32 Å². The standard InChI is InChI=1S/C33H41N5O3/c1-6-7-10-15-25(4)28(27-18-13-9-14-19-27)21-36-22-29-37(31(24(2)3)32(36)40)30(39)23-35(5)38(29)33(41)34-20-26-16-11-8-12-17-26/h6-19,24,28-29,31H,4,20-23H2,1-3,5H3,(H,34,41)/b7-6-,15-10-/t28?,29-,31-/m0/s1. The third-order valence-electron chi connectivity index (χ3n) is 7.66. The van der Waals surface area contributed by atoms with Gasteiger partial charge < -0.3 is 15.1 Å². The summed E-state index contributed by atoms with van der Waals surface area (Å²) < 4.78 is 0. The van der Waals surface area contributed by atoms with Crippen molar-refractivity contribution in [3.63, 3.8) is 0 Å². The fourth-order valence-electron chi connectivity index (χ4n) is 5.63. The molecular formula is C33H41N5O3. The van der Waals surface area contributed by atoms with Gasteiger partial charge in [0.25, 0.3) is 0 Å². The highest BCUT2D eigenvalue weighted by Crippen LogP contribution is 2.32. The Morgan fingerprint density at radius 1 is 1.05 bits per heavy atom. The number of hydrogen-bond donors (Lipinski definition) is 1. The van der Waals surface area contributed by atoms with Gasteiger partial charge in [-0.15, -0.1) is 0 Å². The van der Waals surface area contributed by atoms with E-state index in [9.17, 15) is 14.4 Å². The highest BCUT2D eigenvalue weighted by Gasteiger charge is 2.51. The molecule has 1 unspecified atom stereocenters. The van der Waals surface area contributed by atoms with E-state index in [2.05, 4.69) is 11.9 Å². The fraction of sp³-hybridized carbons (Fsp3) is 0.364. The van der Waals surface area contributed by atoms with Gasteiger partial charge in [0.05, 0.1) is 13.1 Å². The minimum Gasteiger partial charge on any atom is -0.336 e. The predicted octanol–water partition coefficient (Wildman–Crippen LogP) is 4.55. The number of piperazine rings is 1. The zero-order valence-corrected chi connectivity index (χ0v) is 24.4. The number of allylic oxidation sites excluding steroid dienone is 4. The normalized spacial score (nSPS) is 20.7. The van der Waals surface area contributed by atoms with Crippen LogP contribution in [0.4, 0.5) is 4.79 Å². The van der Waals surface area contributed by atoms with Gasteiger partial charge in [-0.2, -0.15) is 0 Å². The molecule has 2 aromatic carbocycles. The van der Waals surface area contributed by atoms with Crippen molar-refractivity contribution in [1.29, 1.82) is 0 Å². The lowest BCUT2D eigenvalue weighted by Gasteiger charge is -2.55. The number of hydrazine groups is 1. The van der Waals surface area contributed by atoms with Gasteiger partial charge in [-0.25, -0.2) is 14.8 Å². The third kappa shape index (κ3) is 6.77. The van der Waals surface area contributed by atoms with Crippen molar-refractivity contribution in [1.82, 2.24) is 25.1 Å². The predicted molar refractivity (Wildman–Crippen MR) is 161 cm³/mol. The molecule has 4 amide bonds. The molecule has 8 heteroatoms. The minimum atomic E-state index is -0.678. The summed E-state index contributed by atoms with van der Waals surface area (Å²) in [6.07, 6.45) is 7.18. The molecule has 216 valence electrons. The third-order valence-corrected chi connectivity index (χ3v) is 7.66. The van der Waals surface area contributed by atoms with Crippen molar-refractivity contribution >= 4 is 17.8 Å². The molecule has 0 radical (unpaired) electrons. The molecule has 0 aromatic heterocycles. The molecule has 2 heterocycles. The van der Waals surface area contributed by atoms with E-state index in [-0.39, 0.29) is 42.8 Å². The summed E-state index contributed by atoms with van der Waals surface area (Å²) in [4.78, 5) is 44.4. The monoisotopic (exact) mass is 555 g/mol. The van der Waals surface area contributed by atoms with Crippen molar-refractivity contribution in [2.75, 3.05) is 26.7 Å². The van der Waals surface area contributed by atoms with Crippen LogP contribution in [0.15, 0.2) is 97.1 Å². The number of amides is 4. The molecule has 0 aliphatic carbocycles. The van der Waals surface area contributed by atoms with Crippen LogP contribution in [0.25, 0.3) is 0 Å². The maximum absolute atomic E-state index is 14.0. The first-order valence-corrected chi connectivity index (χ1v) is 14.2. The number of carbonyl (C=O) groups is 3. The minimum absolute atomic E-state index is 0.0188. The van der Waals surface area contributed by atoms with Crippen molar-refractivity contribution in [2.24, 2.45) is 5.92 Å². The van der Waals surface area contributed by atoms with E-state index in [1.165, 1.54) is 0 Å². The van der Waals surface area contributed by atoms with Crippen LogP contribution in [-0.2, 0) is 16.1 Å². The number of hydrogen-bond acceptors (Lipinski definition) is 4. The Balaban J connectivity index is 1.65. The summed E-state index contributed by atoms with van der Waals surface area (Å²) in [6.45, 7) is 11.1. The van der Waals surface area contributed by atoms with Crippen LogP contribution in [0.2, 0.25) is 0 Å². The van der Waals surface area contributed by atoms with Gasteiger partial charge in [-0.05, 0) is 29.5 Å². The molecule has 0 spiro atoms. The van der Waals surface area contributed by atoms with E-state index < -0.39 is 12.2 Å². The molecule has 8 nitrogen and oxygen atoms in total. The molecule has 2 fully saturated rings. The van der Waals surface area contributed by atoms with Gasteiger partial charge in [-0.1, -0.05) is 105 Å². The average molecular weight is 556 g/mol. The van der Waals surface area contributed by atoms with E-state index in [0.717, 1.165) is 16.7 Å². The maximum atomic E-state index is 14.0. The van der Waals surface area contributed by atoms with Crippen molar-refractivity contribution in [2.45, 2.75) is 45.4 Å². The lowest BCUT2D eigenvalue weighted by atomic mass is 9.89. The zero-order valence-electron chi connectivity index (χ0n) is 24.4. The summed E-state index contributed by atoms with van der Waals surface area (Å²) in [5, 5.41) is 6.25. The topological polar surface area (TPSA) is 76.2 Å². The lowest BCUT2D eigenvalue weighted by molar-refractivity contribution is -0.190. The van der Waals surface area contributed by atoms with Crippen LogP contribution in [0, 0.1) is 5.92 Å². The average Bonchev–Trinajstić information content (AvgIpc) is 2.96. The van der Waals surface area contributed by atoms with Crippen molar-refractivity contribution in [3.05, 3.63) is 108 Å².